The molecule has 3 amide bonds. The number of urea groups is 1. The SMILES string of the molecule is O=C(C(=O)C(F)(F)F)C(F)(F)F.O=C(Nc1ccc2cc1CCc1cncc(c1)Nc1ncc(Cl)c(n1)N2)N1CCN(C(=O)c2ccccc2)CC1. The number of carbonyl (C=O) groups excluding carboxylic acids is 4. The molecule has 6 rings (SSSR count). The van der Waals surface area contributed by atoms with E-state index in [1.54, 1.807) is 22.2 Å². The molecular weight excluding hydrogens is 722 g/mol. The summed E-state index contributed by atoms with van der Waals surface area (Å²) in [6.07, 6.45) is -5.07. The van der Waals surface area contributed by atoms with Gasteiger partial charge in [0.2, 0.25) is 5.95 Å². The second-order valence-corrected chi connectivity index (χ2v) is 11.7. The molecule has 19 heteroatoms. The van der Waals surface area contributed by atoms with Gasteiger partial charge in [0.05, 0.1) is 18.1 Å². The van der Waals surface area contributed by atoms with Gasteiger partial charge in [-0.05, 0) is 60.4 Å². The molecule has 0 saturated carbocycles. The number of pyridine rings is 1. The molecule has 0 radical (unpaired) electrons. The molecule has 0 unspecified atom stereocenters. The Morgan fingerprint density at radius 1 is 0.750 bits per heavy atom. The van der Waals surface area contributed by atoms with Gasteiger partial charge in [-0.15, -0.1) is 0 Å². The number of halogens is 7. The number of hydrogen-bond donors (Lipinski definition) is 3. The number of nitrogens with one attached hydrogen (secondary N) is 3. The molecule has 12 nitrogen and oxygen atoms in total. The lowest BCUT2D eigenvalue weighted by molar-refractivity contribution is -0.193. The molecule has 2 aliphatic rings. The first kappa shape index (κ1) is 37.5. The fraction of sp³-hybridized carbons (Fsp3) is 0.242. The molecule has 1 saturated heterocycles. The summed E-state index contributed by atoms with van der Waals surface area (Å²) in [5.74, 6) is -5.96. The van der Waals surface area contributed by atoms with E-state index in [0.29, 0.717) is 61.4 Å². The lowest BCUT2D eigenvalue weighted by Crippen LogP contribution is -2.51. The molecule has 4 heterocycles. The fourth-order valence-corrected chi connectivity index (χ4v) is 5.22. The van der Waals surface area contributed by atoms with Gasteiger partial charge in [0, 0.05) is 49.3 Å². The molecule has 272 valence electrons. The van der Waals surface area contributed by atoms with Crippen LogP contribution in [-0.4, -0.2) is 86.8 Å². The monoisotopic (exact) mass is 748 g/mol. The van der Waals surface area contributed by atoms with Crippen molar-refractivity contribution in [2.75, 3.05) is 42.1 Å². The van der Waals surface area contributed by atoms with Crippen molar-refractivity contribution >= 4 is 63.9 Å². The van der Waals surface area contributed by atoms with E-state index in [1.807, 2.05) is 60.8 Å². The number of benzene rings is 2. The Morgan fingerprint density at radius 3 is 2.06 bits per heavy atom. The maximum Gasteiger partial charge on any atom is 0.458 e. The Balaban J connectivity index is 0.000000376. The van der Waals surface area contributed by atoms with Crippen LogP contribution in [0.5, 0.6) is 0 Å². The second kappa shape index (κ2) is 15.6. The lowest BCUT2D eigenvalue weighted by Gasteiger charge is -2.35. The highest BCUT2D eigenvalue weighted by atomic mass is 35.5. The molecule has 0 spiro atoms. The van der Waals surface area contributed by atoms with Crippen molar-refractivity contribution < 1.29 is 45.5 Å². The predicted octanol–water partition coefficient (Wildman–Crippen LogP) is 6.35. The first-order valence-corrected chi connectivity index (χ1v) is 15.7. The summed E-state index contributed by atoms with van der Waals surface area (Å²) in [5, 5.41) is 9.93. The van der Waals surface area contributed by atoms with Gasteiger partial charge in [-0.3, -0.25) is 19.4 Å². The quantitative estimate of drug-likeness (QED) is 0.161. The van der Waals surface area contributed by atoms with Crippen LogP contribution in [0, 0.1) is 0 Å². The molecule has 2 aliphatic heterocycles. The van der Waals surface area contributed by atoms with E-state index in [9.17, 15) is 45.5 Å². The number of fused-ring (bicyclic) bond motifs is 6. The number of Topliss-reactive ketones (excluding diaryl/α,β-unsaturated/α-hetero) is 2. The van der Waals surface area contributed by atoms with Crippen molar-refractivity contribution in [2.45, 2.75) is 25.2 Å². The minimum Gasteiger partial charge on any atom is -0.339 e. The Kier molecular flexibility index (Phi) is 11.3. The third-order valence-electron chi connectivity index (χ3n) is 7.68. The smallest absolute Gasteiger partial charge is 0.339 e. The van der Waals surface area contributed by atoms with Crippen LogP contribution in [0.25, 0.3) is 0 Å². The average Bonchev–Trinajstić information content (AvgIpc) is 3.12. The van der Waals surface area contributed by atoms with Gasteiger partial charge in [0.25, 0.3) is 5.91 Å². The van der Waals surface area contributed by atoms with Crippen molar-refractivity contribution in [3.63, 3.8) is 0 Å². The number of aryl methyl sites for hydroxylation is 2. The molecule has 6 bridgehead atoms. The molecule has 4 aromatic rings. The van der Waals surface area contributed by atoms with Crippen LogP contribution in [0.15, 0.2) is 73.2 Å². The molecule has 2 aromatic heterocycles. The van der Waals surface area contributed by atoms with Gasteiger partial charge in [0.1, 0.15) is 5.02 Å². The number of amides is 3. The summed E-state index contributed by atoms with van der Waals surface area (Å²) in [7, 11) is 0. The Labute approximate surface area is 296 Å². The van der Waals surface area contributed by atoms with E-state index < -0.39 is 23.9 Å². The zero-order valence-corrected chi connectivity index (χ0v) is 27.4. The zero-order valence-electron chi connectivity index (χ0n) is 26.7. The average molecular weight is 749 g/mol. The summed E-state index contributed by atoms with van der Waals surface area (Å²) in [6.45, 7) is 1.88. The van der Waals surface area contributed by atoms with Crippen molar-refractivity contribution in [3.05, 3.63) is 94.9 Å². The first-order valence-electron chi connectivity index (χ1n) is 15.3. The Hall–Kier alpha value is -5.78. The molecule has 52 heavy (non-hydrogen) atoms. The van der Waals surface area contributed by atoms with Crippen LogP contribution < -0.4 is 16.0 Å². The van der Waals surface area contributed by atoms with E-state index in [2.05, 4.69) is 30.9 Å². The van der Waals surface area contributed by atoms with Crippen LogP contribution in [0.2, 0.25) is 5.02 Å². The van der Waals surface area contributed by atoms with Crippen molar-refractivity contribution in [1.82, 2.24) is 24.8 Å². The van der Waals surface area contributed by atoms with Gasteiger partial charge in [-0.1, -0.05) is 29.8 Å². The molecule has 2 aromatic carbocycles. The third-order valence-corrected chi connectivity index (χ3v) is 7.96. The van der Waals surface area contributed by atoms with Crippen LogP contribution >= 0.6 is 11.6 Å². The minimum atomic E-state index is -5.77. The highest BCUT2D eigenvalue weighted by molar-refractivity contribution is 6.41. The van der Waals surface area contributed by atoms with Crippen LogP contribution in [0.4, 0.5) is 60.0 Å². The number of piperazine rings is 1. The molecule has 1 fully saturated rings. The van der Waals surface area contributed by atoms with E-state index in [-0.39, 0.29) is 11.9 Å². The van der Waals surface area contributed by atoms with E-state index >= 15 is 0 Å². The largest absolute Gasteiger partial charge is 0.458 e. The molecular formula is C33H27ClF6N8O4. The van der Waals surface area contributed by atoms with Gasteiger partial charge < -0.3 is 25.8 Å². The standard InChI is InChI=1S/C29H27ClN8O2.C4F6O2/c30-24-18-32-28-34-23-14-19(16-31-17-23)6-7-21-15-22(33-26(24)36-28)8-9-25(21)35-29(40)38-12-10-37(11-13-38)27(39)20-4-2-1-3-5-20;5-3(6,7)1(11)2(12)4(8,9)10/h1-5,8-9,14-18H,6-7,10-13H2,(H,35,40)(H2,32,33,34,36);. The highest BCUT2D eigenvalue weighted by Crippen LogP contribution is 2.30. The molecule has 0 aliphatic carbocycles. The van der Waals surface area contributed by atoms with Crippen LogP contribution in [0.3, 0.4) is 0 Å². The summed E-state index contributed by atoms with van der Waals surface area (Å²) >= 11 is 6.37. The number of carbonyl (C=O) groups is 4. The maximum absolute atomic E-state index is 13.3. The summed E-state index contributed by atoms with van der Waals surface area (Å²) in [6, 6.07) is 16.8. The van der Waals surface area contributed by atoms with Gasteiger partial charge in [-0.25, -0.2) is 9.78 Å². The zero-order chi connectivity index (χ0) is 37.6. The van der Waals surface area contributed by atoms with E-state index in [1.165, 1.54) is 0 Å². The fourth-order valence-electron chi connectivity index (χ4n) is 5.08. The third kappa shape index (κ3) is 9.51. The van der Waals surface area contributed by atoms with E-state index in [0.717, 1.165) is 28.2 Å². The number of ketones is 2. The number of aromatic nitrogens is 3. The summed E-state index contributed by atoms with van der Waals surface area (Å²) < 4.78 is 67.0. The van der Waals surface area contributed by atoms with Crippen LogP contribution in [0.1, 0.15) is 21.5 Å². The lowest BCUT2D eigenvalue weighted by atomic mass is 10.0. The normalized spacial score (nSPS) is 14.1. The maximum atomic E-state index is 13.3. The summed E-state index contributed by atoms with van der Waals surface area (Å²) in [4.78, 5) is 61.9. The Morgan fingerprint density at radius 2 is 1.40 bits per heavy atom. The van der Waals surface area contributed by atoms with Crippen molar-refractivity contribution in [2.24, 2.45) is 0 Å². The minimum absolute atomic E-state index is 0.0142. The second-order valence-electron chi connectivity index (χ2n) is 11.3. The summed E-state index contributed by atoms with van der Waals surface area (Å²) in [5.41, 5.74) is 4.94. The van der Waals surface area contributed by atoms with Gasteiger partial charge >= 0.3 is 30.0 Å². The van der Waals surface area contributed by atoms with Crippen LogP contribution in [-0.2, 0) is 22.4 Å². The number of hydrogen-bond acceptors (Lipinski definition) is 9. The van der Waals surface area contributed by atoms with E-state index in [4.69, 9.17) is 11.6 Å². The Bertz CT molecular complexity index is 1950. The first-order chi connectivity index (χ1) is 24.6. The van der Waals surface area contributed by atoms with Crippen molar-refractivity contribution in [3.8, 4) is 0 Å². The van der Waals surface area contributed by atoms with Gasteiger partial charge in [0.15, 0.2) is 5.82 Å². The number of rotatable bonds is 3. The number of alkyl halides is 6. The predicted molar refractivity (Wildman–Crippen MR) is 177 cm³/mol. The highest BCUT2D eigenvalue weighted by Gasteiger charge is 2.54. The molecule has 0 atom stereocenters. The van der Waals surface area contributed by atoms with Gasteiger partial charge in [-0.2, -0.15) is 31.3 Å². The number of nitrogens with zero attached hydrogens (tertiary/aromatic N) is 5. The number of anilines is 5. The molecule has 3 N–H and O–H groups in total. The van der Waals surface area contributed by atoms with Crippen molar-refractivity contribution in [1.29, 1.82) is 0 Å². The topological polar surface area (TPSA) is 150 Å².